The van der Waals surface area contributed by atoms with Crippen molar-refractivity contribution in [3.8, 4) is 0 Å². The van der Waals surface area contributed by atoms with Crippen molar-refractivity contribution in [3.05, 3.63) is 45.1 Å². The molecule has 0 aliphatic rings. The van der Waals surface area contributed by atoms with E-state index in [9.17, 15) is 14.9 Å². The van der Waals surface area contributed by atoms with Crippen molar-refractivity contribution in [3.63, 3.8) is 0 Å². The lowest BCUT2D eigenvalue weighted by atomic mass is 10.2. The van der Waals surface area contributed by atoms with Gasteiger partial charge in [-0.05, 0) is 6.07 Å². The molecule has 1 heterocycles. The zero-order chi connectivity index (χ0) is 10.1. The molecule has 0 radical (unpaired) electrons. The van der Waals surface area contributed by atoms with Gasteiger partial charge in [0.2, 0.25) is 0 Å². The highest BCUT2D eigenvalue weighted by Crippen LogP contribution is 2.15. The number of rotatable bonds is 1. The fourth-order valence-electron chi connectivity index (χ4n) is 1.11. The van der Waals surface area contributed by atoms with Crippen molar-refractivity contribution in [1.29, 1.82) is 0 Å². The Bertz CT molecular complexity index is 561. The van der Waals surface area contributed by atoms with Crippen LogP contribution in [0, 0.1) is 10.1 Å². The molecule has 0 saturated heterocycles. The Labute approximate surface area is 77.0 Å². The van der Waals surface area contributed by atoms with Gasteiger partial charge < -0.3 is 4.42 Å². The molecule has 14 heavy (non-hydrogen) atoms. The van der Waals surface area contributed by atoms with Crippen LogP contribution in [0.5, 0.6) is 0 Å². The maximum Gasteiger partial charge on any atom is 0.346 e. The molecule has 6 heteroatoms. The third-order valence-electron chi connectivity index (χ3n) is 1.76. The number of nitro benzene ring substituents is 1. The first kappa shape index (κ1) is 8.36. The lowest BCUT2D eigenvalue weighted by Crippen LogP contribution is -2.00. The lowest BCUT2D eigenvalue weighted by molar-refractivity contribution is -0.384. The van der Waals surface area contributed by atoms with E-state index in [2.05, 4.69) is 9.40 Å². The molecule has 6 nitrogen and oxygen atoms in total. The number of benzene rings is 1. The number of hydrogen-bond acceptors (Lipinski definition) is 5. The first-order valence-electron chi connectivity index (χ1n) is 3.70. The Balaban J connectivity index is 2.80. The van der Waals surface area contributed by atoms with Gasteiger partial charge in [-0.1, -0.05) is 0 Å². The van der Waals surface area contributed by atoms with E-state index >= 15 is 0 Å². The first-order valence-corrected chi connectivity index (χ1v) is 3.70. The molecule has 0 saturated carbocycles. The molecule has 0 atom stereocenters. The average Bonchev–Trinajstić information content (AvgIpc) is 2.17. The normalized spacial score (nSPS) is 10.3. The van der Waals surface area contributed by atoms with Crippen LogP contribution in [0.3, 0.4) is 0 Å². The van der Waals surface area contributed by atoms with E-state index < -0.39 is 10.5 Å². The van der Waals surface area contributed by atoms with Crippen LogP contribution in [0.25, 0.3) is 10.9 Å². The van der Waals surface area contributed by atoms with Crippen molar-refractivity contribution in [2.45, 2.75) is 0 Å². The summed E-state index contributed by atoms with van der Waals surface area (Å²) in [7, 11) is 0. The highest BCUT2D eigenvalue weighted by atomic mass is 16.6. The van der Waals surface area contributed by atoms with E-state index in [1.54, 1.807) is 0 Å². The van der Waals surface area contributed by atoms with Crippen molar-refractivity contribution in [2.24, 2.45) is 0 Å². The number of aromatic nitrogens is 1. The van der Waals surface area contributed by atoms with Crippen molar-refractivity contribution >= 4 is 16.6 Å². The number of non-ortho nitro benzene ring substituents is 1. The molecular formula is C8H4N2O4. The topological polar surface area (TPSA) is 86.2 Å². The molecule has 0 fully saturated rings. The molecule has 0 aliphatic carbocycles. The SMILES string of the molecule is O=c1ocnc2cc([N+](=O)[O-])ccc12. The summed E-state index contributed by atoms with van der Waals surface area (Å²) >= 11 is 0. The summed E-state index contributed by atoms with van der Waals surface area (Å²) < 4.78 is 4.50. The molecule has 70 valence electrons. The zero-order valence-corrected chi connectivity index (χ0v) is 6.84. The number of fused-ring (bicyclic) bond motifs is 1. The highest BCUT2D eigenvalue weighted by molar-refractivity contribution is 5.79. The van der Waals surface area contributed by atoms with Gasteiger partial charge in [-0.3, -0.25) is 10.1 Å². The van der Waals surface area contributed by atoms with E-state index in [4.69, 9.17) is 0 Å². The summed E-state index contributed by atoms with van der Waals surface area (Å²) in [4.78, 5) is 24.7. The summed E-state index contributed by atoms with van der Waals surface area (Å²) in [6.45, 7) is 0. The second-order valence-corrected chi connectivity index (χ2v) is 2.60. The molecule has 2 rings (SSSR count). The highest BCUT2D eigenvalue weighted by Gasteiger charge is 2.08. The second-order valence-electron chi connectivity index (χ2n) is 2.60. The summed E-state index contributed by atoms with van der Waals surface area (Å²) in [5.74, 6) is 0. The Kier molecular flexibility index (Phi) is 1.74. The van der Waals surface area contributed by atoms with Gasteiger partial charge in [0.05, 0.1) is 15.8 Å². The quantitative estimate of drug-likeness (QED) is 0.498. The summed E-state index contributed by atoms with van der Waals surface area (Å²) in [5, 5.41) is 10.6. The minimum atomic E-state index is -0.551. The Morgan fingerprint density at radius 3 is 2.93 bits per heavy atom. The summed E-state index contributed by atoms with van der Waals surface area (Å²) in [5.41, 5.74) is -0.393. The van der Waals surface area contributed by atoms with Crippen LogP contribution in [0.1, 0.15) is 0 Å². The van der Waals surface area contributed by atoms with Gasteiger partial charge in [0.1, 0.15) is 0 Å². The molecule has 0 spiro atoms. The van der Waals surface area contributed by atoms with E-state index in [1.807, 2.05) is 0 Å². The predicted molar refractivity (Wildman–Crippen MR) is 46.9 cm³/mol. The van der Waals surface area contributed by atoms with Crippen LogP contribution in [-0.4, -0.2) is 9.91 Å². The average molecular weight is 192 g/mol. The minimum Gasteiger partial charge on any atom is -0.411 e. The molecule has 1 aromatic heterocycles. The van der Waals surface area contributed by atoms with Crippen molar-refractivity contribution in [1.82, 2.24) is 4.98 Å². The first-order chi connectivity index (χ1) is 6.68. The molecule has 0 bridgehead atoms. The van der Waals surface area contributed by atoms with Crippen LogP contribution in [0.2, 0.25) is 0 Å². The van der Waals surface area contributed by atoms with Crippen LogP contribution in [0.4, 0.5) is 5.69 Å². The molecule has 0 N–H and O–H groups in total. The fraction of sp³-hybridized carbons (Fsp3) is 0. The Morgan fingerprint density at radius 1 is 1.43 bits per heavy atom. The number of nitro groups is 1. The lowest BCUT2D eigenvalue weighted by Gasteiger charge is -1.93. The number of nitrogens with zero attached hydrogens (tertiary/aromatic N) is 2. The summed E-state index contributed by atoms with van der Waals surface area (Å²) in [6, 6.07) is 3.79. The summed E-state index contributed by atoms with van der Waals surface area (Å²) in [6.07, 6.45) is 0.967. The van der Waals surface area contributed by atoms with Gasteiger partial charge in [0, 0.05) is 12.1 Å². The minimum absolute atomic E-state index is 0.101. The molecule has 2 aromatic rings. The molecule has 0 aliphatic heterocycles. The van der Waals surface area contributed by atoms with Gasteiger partial charge in [-0.25, -0.2) is 9.78 Å². The monoisotopic (exact) mass is 192 g/mol. The van der Waals surface area contributed by atoms with Crippen LogP contribution >= 0.6 is 0 Å². The van der Waals surface area contributed by atoms with Gasteiger partial charge >= 0.3 is 5.63 Å². The van der Waals surface area contributed by atoms with Crippen LogP contribution < -0.4 is 5.63 Å². The van der Waals surface area contributed by atoms with Crippen molar-refractivity contribution < 1.29 is 9.34 Å². The fourth-order valence-corrected chi connectivity index (χ4v) is 1.11. The standard InChI is InChI=1S/C8H4N2O4/c11-8-6-2-1-5(10(12)13)3-7(6)9-4-14-8/h1-4H. The van der Waals surface area contributed by atoms with Crippen LogP contribution in [-0.2, 0) is 0 Å². The van der Waals surface area contributed by atoms with E-state index in [0.29, 0.717) is 0 Å². The van der Waals surface area contributed by atoms with E-state index in [1.165, 1.54) is 18.2 Å². The molecular weight excluding hydrogens is 188 g/mol. The van der Waals surface area contributed by atoms with Gasteiger partial charge in [-0.15, -0.1) is 0 Å². The smallest absolute Gasteiger partial charge is 0.346 e. The third kappa shape index (κ3) is 1.22. The van der Waals surface area contributed by atoms with Gasteiger partial charge in [0.25, 0.3) is 5.69 Å². The maximum atomic E-state index is 11.1. The van der Waals surface area contributed by atoms with Gasteiger partial charge in [-0.2, -0.15) is 0 Å². The van der Waals surface area contributed by atoms with E-state index in [-0.39, 0.29) is 16.6 Å². The van der Waals surface area contributed by atoms with Crippen molar-refractivity contribution in [2.75, 3.05) is 0 Å². The van der Waals surface area contributed by atoms with Gasteiger partial charge in [0.15, 0.2) is 6.39 Å². The Hall–Kier alpha value is -2.24. The molecule has 1 aromatic carbocycles. The Morgan fingerprint density at radius 2 is 2.21 bits per heavy atom. The molecule has 0 amide bonds. The number of hydrogen-bond donors (Lipinski definition) is 0. The second kappa shape index (κ2) is 2.91. The molecule has 0 unspecified atom stereocenters. The predicted octanol–water partition coefficient (Wildman–Crippen LogP) is 1.10. The van der Waals surface area contributed by atoms with E-state index in [0.717, 1.165) is 6.39 Å². The maximum absolute atomic E-state index is 11.1. The zero-order valence-electron chi connectivity index (χ0n) is 6.84. The van der Waals surface area contributed by atoms with Crippen LogP contribution in [0.15, 0.2) is 33.8 Å². The largest absolute Gasteiger partial charge is 0.411 e. The third-order valence-corrected chi connectivity index (χ3v) is 1.76.